The Hall–Kier alpha value is -1.62. The van der Waals surface area contributed by atoms with Gasteiger partial charge in [0.05, 0.1) is 6.54 Å². The molecule has 0 atom stereocenters. The van der Waals surface area contributed by atoms with Gasteiger partial charge in [0, 0.05) is 18.0 Å². The van der Waals surface area contributed by atoms with Crippen LogP contribution in [0.3, 0.4) is 0 Å². The van der Waals surface area contributed by atoms with Crippen LogP contribution in [0.5, 0.6) is 0 Å². The Bertz CT molecular complexity index is 718. The molecule has 0 aliphatic heterocycles. The molecule has 1 aliphatic rings. The molecule has 0 saturated carbocycles. The molecule has 132 valence electrons. The van der Waals surface area contributed by atoms with Gasteiger partial charge in [-0.3, -0.25) is 4.99 Å². The van der Waals surface area contributed by atoms with E-state index in [9.17, 15) is 0 Å². The zero-order chi connectivity index (χ0) is 16.8. The summed E-state index contributed by atoms with van der Waals surface area (Å²) in [6, 6.07) is 21.0. The van der Waals surface area contributed by atoms with Crippen LogP contribution in [0.15, 0.2) is 77.4 Å². The van der Waals surface area contributed by atoms with E-state index in [2.05, 4.69) is 79.8 Å². The van der Waals surface area contributed by atoms with Crippen LogP contribution in [0.25, 0.3) is 0 Å². The van der Waals surface area contributed by atoms with Crippen molar-refractivity contribution in [2.45, 2.75) is 39.8 Å². The van der Waals surface area contributed by atoms with Gasteiger partial charge in [0.2, 0.25) is 0 Å². The number of benzene rings is 2. The Balaban J connectivity index is 0.00000225. The maximum absolute atomic E-state index is 4.85. The zero-order valence-electron chi connectivity index (χ0n) is 15.0. The highest BCUT2D eigenvalue weighted by Crippen LogP contribution is 2.33. The van der Waals surface area contributed by atoms with Gasteiger partial charge in [-0.25, -0.2) is 0 Å². The molecule has 1 aliphatic carbocycles. The topological polar surface area (TPSA) is 24.4 Å². The Morgan fingerprint density at radius 3 is 2.12 bits per heavy atom. The van der Waals surface area contributed by atoms with Gasteiger partial charge < -0.3 is 5.32 Å². The fourth-order valence-electron chi connectivity index (χ4n) is 3.17. The second kappa shape index (κ2) is 9.18. The van der Waals surface area contributed by atoms with Crippen LogP contribution >= 0.6 is 24.0 Å². The number of halogens is 1. The largest absolute Gasteiger partial charge is 0.384 e. The van der Waals surface area contributed by atoms with Crippen LogP contribution in [0.2, 0.25) is 0 Å². The quantitative estimate of drug-likeness (QED) is 0.582. The fourth-order valence-corrected chi connectivity index (χ4v) is 3.17. The van der Waals surface area contributed by atoms with Crippen molar-refractivity contribution in [3.63, 3.8) is 0 Å². The number of allylic oxidation sites excluding steroid dienone is 2. The molecule has 2 nitrogen and oxygen atoms in total. The van der Waals surface area contributed by atoms with Crippen LogP contribution in [-0.2, 0) is 13.1 Å². The normalized spacial score (nSPS) is 17.5. The van der Waals surface area contributed by atoms with E-state index >= 15 is 0 Å². The molecule has 0 spiro atoms. The van der Waals surface area contributed by atoms with Crippen molar-refractivity contribution in [2.75, 3.05) is 0 Å². The number of nitrogens with zero attached hydrogens (tertiary/aromatic N) is 1. The molecule has 0 saturated heterocycles. The molecule has 2 aromatic rings. The van der Waals surface area contributed by atoms with Gasteiger partial charge in [0.15, 0.2) is 0 Å². The first kappa shape index (κ1) is 19.7. The average molecular weight is 446 g/mol. The average Bonchev–Trinajstić information content (AvgIpc) is 2.59. The number of aliphatic imine (C=N–C) groups is 1. The maximum atomic E-state index is 4.85. The van der Waals surface area contributed by atoms with E-state index < -0.39 is 0 Å². The van der Waals surface area contributed by atoms with Crippen molar-refractivity contribution in [3.05, 3.63) is 83.6 Å². The highest BCUT2D eigenvalue weighted by atomic mass is 127. The standard InChI is InChI=1S/C22H26N2.HI/c1-22(2)14-20(23-16-18-9-5-3-6-10-18)13-21(15-22)24-17-19-11-7-4-8-12-19;/h3-13,23H,14-17H2,1-2H3;1H. The summed E-state index contributed by atoms with van der Waals surface area (Å²) in [6.45, 7) is 6.27. The Morgan fingerprint density at radius 2 is 1.48 bits per heavy atom. The first-order valence-electron chi connectivity index (χ1n) is 8.66. The summed E-state index contributed by atoms with van der Waals surface area (Å²) in [5.74, 6) is 0. The van der Waals surface area contributed by atoms with Crippen molar-refractivity contribution in [3.8, 4) is 0 Å². The van der Waals surface area contributed by atoms with Crippen molar-refractivity contribution in [1.82, 2.24) is 5.32 Å². The molecule has 3 rings (SSSR count). The third-order valence-corrected chi connectivity index (χ3v) is 4.34. The van der Waals surface area contributed by atoms with Gasteiger partial charge in [-0.05, 0) is 35.5 Å². The highest BCUT2D eigenvalue weighted by molar-refractivity contribution is 14.0. The van der Waals surface area contributed by atoms with Crippen LogP contribution in [0, 0.1) is 5.41 Å². The summed E-state index contributed by atoms with van der Waals surface area (Å²) < 4.78 is 0. The second-order valence-electron chi connectivity index (χ2n) is 7.32. The predicted octanol–water partition coefficient (Wildman–Crippen LogP) is 5.74. The van der Waals surface area contributed by atoms with Crippen molar-refractivity contribution in [1.29, 1.82) is 0 Å². The van der Waals surface area contributed by atoms with E-state index in [0.29, 0.717) is 0 Å². The molecule has 3 heteroatoms. The van der Waals surface area contributed by atoms with E-state index in [1.165, 1.54) is 22.5 Å². The minimum Gasteiger partial charge on any atom is -0.384 e. The van der Waals surface area contributed by atoms with Crippen LogP contribution in [-0.4, -0.2) is 5.71 Å². The minimum absolute atomic E-state index is 0. The van der Waals surface area contributed by atoms with Gasteiger partial charge >= 0.3 is 0 Å². The summed E-state index contributed by atoms with van der Waals surface area (Å²) in [6.07, 6.45) is 4.36. The number of hydrogen-bond acceptors (Lipinski definition) is 2. The molecule has 2 aromatic carbocycles. The molecule has 0 aromatic heterocycles. The first-order chi connectivity index (χ1) is 11.6. The van der Waals surface area contributed by atoms with Gasteiger partial charge in [-0.2, -0.15) is 0 Å². The highest BCUT2D eigenvalue weighted by Gasteiger charge is 2.26. The van der Waals surface area contributed by atoms with Gasteiger partial charge in [-0.1, -0.05) is 74.5 Å². The smallest absolute Gasteiger partial charge is 0.0643 e. The summed E-state index contributed by atoms with van der Waals surface area (Å²) in [5.41, 5.74) is 5.32. The van der Waals surface area contributed by atoms with Gasteiger partial charge in [0.1, 0.15) is 0 Å². The Labute approximate surface area is 168 Å². The molecular weight excluding hydrogens is 419 g/mol. The molecule has 0 bridgehead atoms. The summed E-state index contributed by atoms with van der Waals surface area (Å²) in [7, 11) is 0. The minimum atomic E-state index is 0. The second-order valence-corrected chi connectivity index (χ2v) is 7.32. The van der Waals surface area contributed by atoms with Crippen LogP contribution < -0.4 is 5.32 Å². The molecule has 0 radical (unpaired) electrons. The number of nitrogens with one attached hydrogen (secondary N) is 1. The predicted molar refractivity (Wildman–Crippen MR) is 117 cm³/mol. The number of rotatable bonds is 5. The van der Waals surface area contributed by atoms with E-state index in [0.717, 1.165) is 25.9 Å². The molecule has 1 N–H and O–H groups in total. The first-order valence-corrected chi connectivity index (χ1v) is 8.66. The molecule has 0 heterocycles. The Kier molecular flexibility index (Phi) is 7.24. The Morgan fingerprint density at radius 1 is 0.880 bits per heavy atom. The molecule has 0 amide bonds. The lowest BCUT2D eigenvalue weighted by molar-refractivity contribution is 0.362. The number of hydrogen-bond donors (Lipinski definition) is 1. The lowest BCUT2D eigenvalue weighted by Crippen LogP contribution is -2.28. The lowest BCUT2D eigenvalue weighted by Gasteiger charge is -2.31. The fraction of sp³-hybridized carbons (Fsp3) is 0.318. The van der Waals surface area contributed by atoms with E-state index in [4.69, 9.17) is 4.99 Å². The van der Waals surface area contributed by atoms with Crippen LogP contribution in [0.4, 0.5) is 0 Å². The lowest BCUT2D eigenvalue weighted by atomic mass is 9.78. The van der Waals surface area contributed by atoms with Crippen molar-refractivity contribution < 1.29 is 0 Å². The van der Waals surface area contributed by atoms with E-state index in [1.54, 1.807) is 0 Å². The molecular formula is C22H27IN2. The third kappa shape index (κ3) is 6.31. The van der Waals surface area contributed by atoms with Gasteiger partial charge in [0.25, 0.3) is 0 Å². The van der Waals surface area contributed by atoms with Crippen LogP contribution in [0.1, 0.15) is 37.8 Å². The molecule has 0 fully saturated rings. The van der Waals surface area contributed by atoms with E-state index in [1.807, 2.05) is 6.07 Å². The summed E-state index contributed by atoms with van der Waals surface area (Å²) >= 11 is 0. The van der Waals surface area contributed by atoms with E-state index in [-0.39, 0.29) is 29.4 Å². The third-order valence-electron chi connectivity index (χ3n) is 4.34. The van der Waals surface area contributed by atoms with Gasteiger partial charge in [-0.15, -0.1) is 24.0 Å². The monoisotopic (exact) mass is 446 g/mol. The van der Waals surface area contributed by atoms with Crippen molar-refractivity contribution in [2.24, 2.45) is 10.4 Å². The molecule has 25 heavy (non-hydrogen) atoms. The molecule has 0 unspecified atom stereocenters. The summed E-state index contributed by atoms with van der Waals surface area (Å²) in [5, 5.41) is 3.60. The van der Waals surface area contributed by atoms with Crippen molar-refractivity contribution >= 4 is 29.7 Å². The maximum Gasteiger partial charge on any atom is 0.0643 e. The zero-order valence-corrected chi connectivity index (χ0v) is 17.4. The summed E-state index contributed by atoms with van der Waals surface area (Å²) in [4.78, 5) is 4.85. The SMILES string of the molecule is CC1(C)CC(NCc2ccccc2)=CC(=NCc2ccccc2)C1.I.